The normalized spacial score (nSPS) is 24.0. The zero-order chi connectivity index (χ0) is 11.3. The third-order valence-corrected chi connectivity index (χ3v) is 3.60. The molecule has 0 amide bonds. The molecule has 3 nitrogen and oxygen atoms in total. The largest absolute Gasteiger partial charge is 0.392 e. The standard InChI is InChI=1S/C12H26N2O/c1-4-11(15)9-13-10-12(2)5-7-14(3)8-6-12/h11,13,15H,4-10H2,1-3H3. The van der Waals surface area contributed by atoms with Gasteiger partial charge in [0.1, 0.15) is 0 Å². The molecule has 0 spiro atoms. The molecule has 1 heterocycles. The summed E-state index contributed by atoms with van der Waals surface area (Å²) in [5, 5.41) is 12.8. The zero-order valence-corrected chi connectivity index (χ0v) is 10.4. The number of hydrogen-bond acceptors (Lipinski definition) is 3. The topological polar surface area (TPSA) is 35.5 Å². The molecule has 1 atom stereocenters. The Balaban J connectivity index is 2.19. The molecule has 0 bridgehead atoms. The third kappa shape index (κ3) is 4.49. The molecule has 1 rings (SSSR count). The van der Waals surface area contributed by atoms with Crippen LogP contribution >= 0.6 is 0 Å². The fourth-order valence-electron chi connectivity index (χ4n) is 2.02. The van der Waals surface area contributed by atoms with E-state index in [9.17, 15) is 5.11 Å². The molecule has 1 aliphatic heterocycles. The first-order valence-corrected chi connectivity index (χ1v) is 6.13. The van der Waals surface area contributed by atoms with Crippen molar-refractivity contribution in [2.75, 3.05) is 33.2 Å². The summed E-state index contributed by atoms with van der Waals surface area (Å²) in [6, 6.07) is 0. The Kier molecular flexibility index (Phi) is 5.03. The van der Waals surface area contributed by atoms with Gasteiger partial charge in [-0.2, -0.15) is 0 Å². The smallest absolute Gasteiger partial charge is 0.0662 e. The van der Waals surface area contributed by atoms with Gasteiger partial charge in [0.05, 0.1) is 6.10 Å². The van der Waals surface area contributed by atoms with Gasteiger partial charge in [0.25, 0.3) is 0 Å². The molecule has 2 N–H and O–H groups in total. The Morgan fingerprint density at radius 3 is 2.53 bits per heavy atom. The average molecular weight is 214 g/mol. The highest BCUT2D eigenvalue weighted by molar-refractivity contribution is 4.83. The van der Waals surface area contributed by atoms with E-state index in [2.05, 4.69) is 24.2 Å². The molecule has 0 saturated carbocycles. The van der Waals surface area contributed by atoms with Gasteiger partial charge < -0.3 is 15.3 Å². The van der Waals surface area contributed by atoms with Crippen molar-refractivity contribution >= 4 is 0 Å². The van der Waals surface area contributed by atoms with Crippen LogP contribution in [0.25, 0.3) is 0 Å². The van der Waals surface area contributed by atoms with Gasteiger partial charge in [-0.05, 0) is 44.8 Å². The minimum Gasteiger partial charge on any atom is -0.392 e. The van der Waals surface area contributed by atoms with E-state index in [-0.39, 0.29) is 6.10 Å². The van der Waals surface area contributed by atoms with Gasteiger partial charge in [-0.25, -0.2) is 0 Å². The van der Waals surface area contributed by atoms with Crippen molar-refractivity contribution in [2.24, 2.45) is 5.41 Å². The number of rotatable bonds is 5. The Morgan fingerprint density at radius 1 is 1.40 bits per heavy atom. The molecule has 0 aromatic heterocycles. The molecule has 0 radical (unpaired) electrons. The molecule has 1 saturated heterocycles. The lowest BCUT2D eigenvalue weighted by molar-refractivity contribution is 0.123. The first-order valence-electron chi connectivity index (χ1n) is 6.13. The van der Waals surface area contributed by atoms with Crippen molar-refractivity contribution < 1.29 is 5.11 Å². The van der Waals surface area contributed by atoms with E-state index in [4.69, 9.17) is 0 Å². The quantitative estimate of drug-likeness (QED) is 0.719. The molecule has 0 aliphatic carbocycles. The SMILES string of the molecule is CCC(O)CNCC1(C)CCN(C)CC1. The van der Waals surface area contributed by atoms with Crippen LogP contribution in [0.3, 0.4) is 0 Å². The molecular weight excluding hydrogens is 188 g/mol. The maximum Gasteiger partial charge on any atom is 0.0662 e. The van der Waals surface area contributed by atoms with Crippen LogP contribution in [0.2, 0.25) is 0 Å². The van der Waals surface area contributed by atoms with Crippen molar-refractivity contribution in [1.29, 1.82) is 0 Å². The fourth-order valence-corrected chi connectivity index (χ4v) is 2.02. The molecule has 90 valence electrons. The van der Waals surface area contributed by atoms with Crippen LogP contribution in [0.5, 0.6) is 0 Å². The van der Waals surface area contributed by atoms with Crippen LogP contribution in [0, 0.1) is 5.41 Å². The second kappa shape index (κ2) is 5.83. The van der Waals surface area contributed by atoms with Gasteiger partial charge in [0, 0.05) is 13.1 Å². The second-order valence-electron chi connectivity index (χ2n) is 5.31. The molecule has 0 aromatic carbocycles. The molecule has 1 unspecified atom stereocenters. The Bertz CT molecular complexity index is 176. The van der Waals surface area contributed by atoms with E-state index >= 15 is 0 Å². The van der Waals surface area contributed by atoms with E-state index in [1.54, 1.807) is 0 Å². The highest BCUT2D eigenvalue weighted by atomic mass is 16.3. The van der Waals surface area contributed by atoms with E-state index in [0.717, 1.165) is 19.5 Å². The fraction of sp³-hybridized carbons (Fsp3) is 1.00. The summed E-state index contributed by atoms with van der Waals surface area (Å²) in [5.41, 5.74) is 0.431. The van der Waals surface area contributed by atoms with Crippen molar-refractivity contribution in [3.63, 3.8) is 0 Å². The predicted octanol–water partition coefficient (Wildman–Crippen LogP) is 1.08. The number of likely N-dealkylation sites (tertiary alicyclic amines) is 1. The van der Waals surface area contributed by atoms with Gasteiger partial charge in [-0.15, -0.1) is 0 Å². The lowest BCUT2D eigenvalue weighted by Crippen LogP contribution is -2.43. The van der Waals surface area contributed by atoms with E-state index in [1.807, 2.05) is 6.92 Å². The lowest BCUT2D eigenvalue weighted by Gasteiger charge is -2.38. The summed E-state index contributed by atoms with van der Waals surface area (Å²) in [7, 11) is 2.19. The molecule has 3 heteroatoms. The summed E-state index contributed by atoms with van der Waals surface area (Å²) in [6.45, 7) is 8.55. The number of nitrogens with zero attached hydrogens (tertiary/aromatic N) is 1. The van der Waals surface area contributed by atoms with Gasteiger partial charge in [-0.1, -0.05) is 13.8 Å². The molecule has 0 aromatic rings. The van der Waals surface area contributed by atoms with Crippen molar-refractivity contribution in [3.05, 3.63) is 0 Å². The van der Waals surface area contributed by atoms with E-state index in [0.29, 0.717) is 5.41 Å². The highest BCUT2D eigenvalue weighted by Gasteiger charge is 2.28. The molecule has 1 aliphatic rings. The number of nitrogens with one attached hydrogen (secondary N) is 1. The van der Waals surface area contributed by atoms with Crippen LogP contribution in [0.4, 0.5) is 0 Å². The van der Waals surface area contributed by atoms with Crippen molar-refractivity contribution in [3.8, 4) is 0 Å². The zero-order valence-electron chi connectivity index (χ0n) is 10.4. The van der Waals surface area contributed by atoms with Gasteiger partial charge in [0.15, 0.2) is 0 Å². The van der Waals surface area contributed by atoms with Crippen molar-refractivity contribution in [2.45, 2.75) is 39.2 Å². The molecule has 1 fully saturated rings. The monoisotopic (exact) mass is 214 g/mol. The van der Waals surface area contributed by atoms with Crippen LogP contribution < -0.4 is 5.32 Å². The Labute approximate surface area is 93.9 Å². The summed E-state index contributed by atoms with van der Waals surface area (Å²) in [6.07, 6.45) is 3.18. The minimum atomic E-state index is -0.181. The first-order chi connectivity index (χ1) is 7.06. The summed E-state index contributed by atoms with van der Waals surface area (Å²) in [5.74, 6) is 0. The van der Waals surface area contributed by atoms with E-state index < -0.39 is 0 Å². The number of aliphatic hydroxyl groups excluding tert-OH is 1. The van der Waals surface area contributed by atoms with E-state index in [1.165, 1.54) is 25.9 Å². The maximum absolute atomic E-state index is 9.44. The maximum atomic E-state index is 9.44. The van der Waals surface area contributed by atoms with Gasteiger partial charge in [-0.3, -0.25) is 0 Å². The van der Waals surface area contributed by atoms with Crippen LogP contribution in [-0.4, -0.2) is 49.3 Å². The first kappa shape index (κ1) is 12.9. The van der Waals surface area contributed by atoms with Crippen LogP contribution in [0.1, 0.15) is 33.1 Å². The van der Waals surface area contributed by atoms with Gasteiger partial charge >= 0.3 is 0 Å². The summed E-state index contributed by atoms with van der Waals surface area (Å²) >= 11 is 0. The minimum absolute atomic E-state index is 0.181. The van der Waals surface area contributed by atoms with Crippen LogP contribution in [-0.2, 0) is 0 Å². The lowest BCUT2D eigenvalue weighted by atomic mass is 9.80. The number of hydrogen-bond donors (Lipinski definition) is 2. The predicted molar refractivity (Wildman–Crippen MR) is 64.0 cm³/mol. The summed E-state index contributed by atoms with van der Waals surface area (Å²) in [4.78, 5) is 2.39. The molecule has 15 heavy (non-hydrogen) atoms. The second-order valence-corrected chi connectivity index (χ2v) is 5.31. The van der Waals surface area contributed by atoms with Crippen LogP contribution in [0.15, 0.2) is 0 Å². The number of aliphatic hydroxyl groups is 1. The average Bonchev–Trinajstić information content (AvgIpc) is 2.23. The van der Waals surface area contributed by atoms with Crippen molar-refractivity contribution in [1.82, 2.24) is 10.2 Å². The highest BCUT2D eigenvalue weighted by Crippen LogP contribution is 2.29. The Hall–Kier alpha value is -0.120. The number of piperidine rings is 1. The Morgan fingerprint density at radius 2 is 2.00 bits per heavy atom. The van der Waals surface area contributed by atoms with Gasteiger partial charge in [0.2, 0.25) is 0 Å². The third-order valence-electron chi connectivity index (χ3n) is 3.60. The molecular formula is C12H26N2O. The summed E-state index contributed by atoms with van der Waals surface area (Å²) < 4.78 is 0.